The average molecular weight is 301 g/mol. The van der Waals surface area contributed by atoms with Gasteiger partial charge >= 0.3 is 6.09 Å². The topological polar surface area (TPSA) is 87.0 Å². The predicted octanol–water partition coefficient (Wildman–Crippen LogP) is 2.74. The molecule has 6 nitrogen and oxygen atoms in total. The lowest BCUT2D eigenvalue weighted by atomic mass is 10.2. The van der Waals surface area contributed by atoms with Crippen LogP contribution in [0.2, 0.25) is 0 Å². The summed E-state index contributed by atoms with van der Waals surface area (Å²) in [5.41, 5.74) is 0.752. The van der Waals surface area contributed by atoms with Crippen LogP contribution in [0.3, 0.4) is 0 Å². The molecule has 1 heterocycles. The molecular formula is C15H12FN3O3. The van der Waals surface area contributed by atoms with Crippen molar-refractivity contribution in [2.45, 2.75) is 6.61 Å². The molecule has 0 unspecified atom stereocenters. The van der Waals surface area contributed by atoms with Crippen molar-refractivity contribution in [1.29, 1.82) is 0 Å². The Morgan fingerprint density at radius 1 is 1.18 bits per heavy atom. The predicted molar refractivity (Wildman–Crippen MR) is 79.1 cm³/mol. The number of nitrogens with one attached hydrogen (secondary N) is 3. The van der Waals surface area contributed by atoms with Crippen molar-refractivity contribution in [2.24, 2.45) is 0 Å². The molecule has 2 aromatic carbocycles. The summed E-state index contributed by atoms with van der Waals surface area (Å²) in [6.45, 7) is 0.110. The second-order valence-corrected chi connectivity index (χ2v) is 4.65. The third kappa shape index (κ3) is 2.83. The van der Waals surface area contributed by atoms with Gasteiger partial charge in [0, 0.05) is 5.69 Å². The number of aromatic nitrogens is 2. The van der Waals surface area contributed by atoms with E-state index in [-0.39, 0.29) is 23.2 Å². The first-order valence-corrected chi connectivity index (χ1v) is 6.51. The minimum Gasteiger partial charge on any atom is -0.444 e. The lowest BCUT2D eigenvalue weighted by molar-refractivity contribution is 0.155. The van der Waals surface area contributed by atoms with Gasteiger partial charge in [-0.15, -0.1) is 0 Å². The van der Waals surface area contributed by atoms with E-state index in [0.29, 0.717) is 0 Å². The quantitative estimate of drug-likeness (QED) is 0.695. The largest absolute Gasteiger partial charge is 0.444 e. The third-order valence-electron chi connectivity index (χ3n) is 3.09. The van der Waals surface area contributed by atoms with E-state index in [2.05, 4.69) is 15.5 Å². The zero-order valence-electron chi connectivity index (χ0n) is 11.4. The Bertz CT molecular complexity index is 871. The number of hydrogen-bond acceptors (Lipinski definition) is 3. The van der Waals surface area contributed by atoms with Crippen molar-refractivity contribution in [1.82, 2.24) is 10.2 Å². The summed E-state index contributed by atoms with van der Waals surface area (Å²) >= 11 is 0. The smallest absolute Gasteiger partial charge is 0.411 e. The van der Waals surface area contributed by atoms with E-state index in [4.69, 9.17) is 4.74 Å². The number of carbonyl (C=O) groups excluding carboxylic acids is 1. The third-order valence-corrected chi connectivity index (χ3v) is 3.09. The van der Waals surface area contributed by atoms with Gasteiger partial charge in [0.2, 0.25) is 0 Å². The second kappa shape index (κ2) is 5.72. The van der Waals surface area contributed by atoms with Crippen LogP contribution in [0.1, 0.15) is 5.56 Å². The SMILES string of the molecule is O=C(Nc1cc(F)c2c(=O)[nH][nH]c2c1)OCc1ccccc1. The van der Waals surface area contributed by atoms with Crippen LogP contribution in [0.5, 0.6) is 0 Å². The molecule has 1 aromatic heterocycles. The Hall–Kier alpha value is -3.09. The summed E-state index contributed by atoms with van der Waals surface area (Å²) in [5.74, 6) is -0.724. The summed E-state index contributed by atoms with van der Waals surface area (Å²) in [5, 5.41) is 7.15. The van der Waals surface area contributed by atoms with E-state index in [1.807, 2.05) is 30.3 Å². The van der Waals surface area contributed by atoms with Gasteiger partial charge < -0.3 is 4.74 Å². The fraction of sp³-hybridized carbons (Fsp3) is 0.0667. The molecular weight excluding hydrogens is 289 g/mol. The molecule has 3 rings (SSSR count). The molecule has 0 bridgehead atoms. The van der Waals surface area contributed by atoms with Crippen molar-refractivity contribution in [2.75, 3.05) is 5.32 Å². The van der Waals surface area contributed by atoms with Crippen LogP contribution in [-0.2, 0) is 11.3 Å². The zero-order chi connectivity index (χ0) is 15.5. The molecule has 0 spiro atoms. The molecule has 3 aromatic rings. The van der Waals surface area contributed by atoms with Crippen molar-refractivity contribution in [3.63, 3.8) is 0 Å². The number of amides is 1. The lowest BCUT2D eigenvalue weighted by Gasteiger charge is -2.07. The van der Waals surface area contributed by atoms with Crippen LogP contribution < -0.4 is 10.9 Å². The summed E-state index contributed by atoms with van der Waals surface area (Å²) in [7, 11) is 0. The standard InChI is InChI=1S/C15H12FN3O3/c16-11-6-10(7-12-13(11)14(20)19-18-12)17-15(21)22-8-9-4-2-1-3-5-9/h1-7H,8H2,(H,17,21)(H2,18,19,20). The van der Waals surface area contributed by atoms with Crippen LogP contribution >= 0.6 is 0 Å². The molecule has 0 aliphatic carbocycles. The molecule has 0 aliphatic heterocycles. The number of ether oxygens (including phenoxy) is 1. The summed E-state index contributed by atoms with van der Waals surface area (Å²) in [4.78, 5) is 23.1. The number of benzene rings is 2. The fourth-order valence-corrected chi connectivity index (χ4v) is 2.07. The summed E-state index contributed by atoms with van der Waals surface area (Å²) < 4.78 is 18.8. The number of rotatable bonds is 3. The Labute approximate surface area is 123 Å². The highest BCUT2D eigenvalue weighted by Gasteiger charge is 2.11. The minimum absolute atomic E-state index is 0.0804. The van der Waals surface area contributed by atoms with E-state index in [1.165, 1.54) is 6.07 Å². The Morgan fingerprint density at radius 2 is 1.95 bits per heavy atom. The van der Waals surface area contributed by atoms with Crippen LogP contribution in [-0.4, -0.2) is 16.3 Å². The van der Waals surface area contributed by atoms with E-state index in [1.54, 1.807) is 0 Å². The number of fused-ring (bicyclic) bond motifs is 1. The molecule has 112 valence electrons. The highest BCUT2D eigenvalue weighted by atomic mass is 19.1. The zero-order valence-corrected chi connectivity index (χ0v) is 11.4. The molecule has 0 aliphatic rings. The van der Waals surface area contributed by atoms with Gasteiger partial charge in [-0.05, 0) is 17.7 Å². The molecule has 0 atom stereocenters. The van der Waals surface area contributed by atoms with Gasteiger partial charge in [0.05, 0.1) is 5.52 Å². The molecule has 3 N–H and O–H groups in total. The molecule has 7 heteroatoms. The van der Waals surface area contributed by atoms with Crippen molar-refractivity contribution in [3.05, 3.63) is 64.2 Å². The number of halogens is 1. The normalized spacial score (nSPS) is 10.6. The molecule has 0 radical (unpaired) electrons. The first-order valence-electron chi connectivity index (χ1n) is 6.51. The average Bonchev–Trinajstić information content (AvgIpc) is 2.88. The van der Waals surface area contributed by atoms with Gasteiger partial charge in [0.15, 0.2) is 0 Å². The number of H-pyrrole nitrogens is 2. The van der Waals surface area contributed by atoms with E-state index >= 15 is 0 Å². The van der Waals surface area contributed by atoms with Crippen molar-refractivity contribution < 1.29 is 13.9 Å². The first kappa shape index (κ1) is 13.9. The Morgan fingerprint density at radius 3 is 2.73 bits per heavy atom. The lowest BCUT2D eigenvalue weighted by Crippen LogP contribution is -2.13. The van der Waals surface area contributed by atoms with Crippen molar-refractivity contribution >= 4 is 22.7 Å². The summed E-state index contributed by atoms with van der Waals surface area (Å²) in [6, 6.07) is 11.7. The highest BCUT2D eigenvalue weighted by Crippen LogP contribution is 2.18. The molecule has 0 saturated heterocycles. The molecule has 0 saturated carbocycles. The van der Waals surface area contributed by atoms with Crippen LogP contribution in [0.15, 0.2) is 47.3 Å². The van der Waals surface area contributed by atoms with E-state index < -0.39 is 17.5 Å². The minimum atomic E-state index is -0.724. The maximum absolute atomic E-state index is 13.8. The van der Waals surface area contributed by atoms with Crippen LogP contribution in [0, 0.1) is 5.82 Å². The van der Waals surface area contributed by atoms with E-state index in [0.717, 1.165) is 11.6 Å². The van der Waals surface area contributed by atoms with E-state index in [9.17, 15) is 14.0 Å². The van der Waals surface area contributed by atoms with Crippen LogP contribution in [0.4, 0.5) is 14.9 Å². The fourth-order valence-electron chi connectivity index (χ4n) is 2.07. The van der Waals surface area contributed by atoms with Gasteiger partial charge in [0.1, 0.15) is 17.8 Å². The molecule has 1 amide bonds. The van der Waals surface area contributed by atoms with Crippen LogP contribution in [0.25, 0.3) is 10.9 Å². The highest BCUT2D eigenvalue weighted by molar-refractivity contribution is 5.89. The number of hydrogen-bond donors (Lipinski definition) is 3. The first-order chi connectivity index (χ1) is 10.6. The Balaban J connectivity index is 1.70. The van der Waals surface area contributed by atoms with Gasteiger partial charge in [-0.2, -0.15) is 0 Å². The maximum Gasteiger partial charge on any atom is 0.411 e. The van der Waals surface area contributed by atoms with Gasteiger partial charge in [0.25, 0.3) is 5.56 Å². The Kier molecular flexibility index (Phi) is 3.61. The van der Waals surface area contributed by atoms with Crippen molar-refractivity contribution in [3.8, 4) is 0 Å². The second-order valence-electron chi connectivity index (χ2n) is 4.65. The maximum atomic E-state index is 13.8. The summed E-state index contributed by atoms with van der Waals surface area (Å²) in [6.07, 6.45) is -0.708. The number of aromatic amines is 2. The van der Waals surface area contributed by atoms with Gasteiger partial charge in [-0.25, -0.2) is 9.18 Å². The monoisotopic (exact) mass is 301 g/mol. The van der Waals surface area contributed by atoms with Gasteiger partial charge in [-0.3, -0.25) is 20.3 Å². The number of carbonyl (C=O) groups is 1. The van der Waals surface area contributed by atoms with Gasteiger partial charge in [-0.1, -0.05) is 30.3 Å². The molecule has 22 heavy (non-hydrogen) atoms. The number of anilines is 1. The molecule has 0 fully saturated rings.